The summed E-state index contributed by atoms with van der Waals surface area (Å²) >= 11 is 0. The summed E-state index contributed by atoms with van der Waals surface area (Å²) in [5.74, 6) is 7.41. The number of aliphatic carboxylic acids is 3. The van der Waals surface area contributed by atoms with Gasteiger partial charge < -0.3 is 75.1 Å². The number of carbonyl (C=O) groups is 3. The number of rotatable bonds is 28. The number of benzene rings is 6. The second-order valence-corrected chi connectivity index (χ2v) is 47.2. The molecule has 2 unspecified atom stereocenters. The Morgan fingerprint density at radius 2 is 0.487 bits per heavy atom. The van der Waals surface area contributed by atoms with Gasteiger partial charge in [0.15, 0.2) is 0 Å². The predicted octanol–water partition coefficient (Wildman–Crippen LogP) is 34.9. The normalized spacial score (nSPS) is 22.4. The van der Waals surface area contributed by atoms with Crippen molar-refractivity contribution in [3.8, 4) is 69.0 Å². The fraction of sp³-hybridized carbons (Fsp3) is 0.583. The fourth-order valence-corrected chi connectivity index (χ4v) is 24.6. The number of carboxylic acids is 3. The third kappa shape index (κ3) is 35.1. The molecule has 828 valence electrons. The highest BCUT2D eigenvalue weighted by Gasteiger charge is 2.50. The maximum Gasteiger partial charge on any atom is 0.300 e. The Balaban J connectivity index is 0.000000214. The minimum absolute atomic E-state index is 0.0194. The van der Waals surface area contributed by atoms with Crippen LogP contribution in [0.3, 0.4) is 0 Å². The second kappa shape index (κ2) is 57.8. The molecule has 18 heteroatoms. The van der Waals surface area contributed by atoms with E-state index in [4.69, 9.17) is 48.7 Å². The van der Waals surface area contributed by atoms with Crippen LogP contribution in [0.2, 0.25) is 0 Å². The molecule has 0 fully saturated rings. The van der Waals surface area contributed by atoms with E-state index < -0.39 is 17.9 Å². The van der Waals surface area contributed by atoms with Gasteiger partial charge in [-0.3, -0.25) is 14.4 Å². The average molecular weight is 2070 g/mol. The molecule has 0 spiro atoms. The summed E-state index contributed by atoms with van der Waals surface area (Å²) in [5, 5.41) is 107. The molecule has 12 atom stereocenters. The number of phenolic OH excluding ortho intramolecular Hbond substituents is 8. The first-order valence-corrected chi connectivity index (χ1v) is 56.9. The van der Waals surface area contributed by atoms with Gasteiger partial charge in [-0.15, -0.1) is 0 Å². The van der Waals surface area contributed by atoms with Crippen LogP contribution in [0.1, 0.15) is 468 Å². The molecule has 10 aliphatic rings. The van der Waals surface area contributed by atoms with E-state index in [1.54, 1.807) is 0 Å². The van der Waals surface area contributed by atoms with Crippen LogP contribution < -0.4 is 18.9 Å². The maximum absolute atomic E-state index is 10.7. The predicted molar refractivity (Wildman–Crippen MR) is 615 cm³/mol. The van der Waals surface area contributed by atoms with Crippen molar-refractivity contribution in [3.05, 3.63) is 234 Å². The van der Waals surface area contributed by atoms with E-state index in [1.807, 2.05) is 62.4 Å². The number of unbranched alkanes of at least 4 members (excludes halogenated alkanes) is 12. The van der Waals surface area contributed by atoms with E-state index in [0.29, 0.717) is 69.6 Å². The number of hydrogen-bond acceptors (Lipinski definition) is 15. The Morgan fingerprint density at radius 1 is 0.287 bits per heavy atom. The van der Waals surface area contributed by atoms with Crippen LogP contribution in [0.4, 0.5) is 0 Å². The molecule has 11 N–H and O–H groups in total. The van der Waals surface area contributed by atoms with Crippen LogP contribution in [0.5, 0.6) is 69.0 Å². The number of aromatic hydroxyl groups is 8. The first kappa shape index (κ1) is 124. The van der Waals surface area contributed by atoms with Crippen LogP contribution in [0.15, 0.2) is 167 Å². The Bertz CT molecular complexity index is 5270. The van der Waals surface area contributed by atoms with Crippen molar-refractivity contribution < 1.29 is 89.5 Å². The zero-order valence-electron chi connectivity index (χ0n) is 96.5. The molecule has 0 saturated carbocycles. The van der Waals surface area contributed by atoms with Gasteiger partial charge in [-0.05, 0) is 383 Å². The second-order valence-electron chi connectivity index (χ2n) is 47.2. The van der Waals surface area contributed by atoms with E-state index in [1.165, 1.54) is 158 Å². The average Bonchev–Trinajstić information content (AvgIpc) is 0.750. The summed E-state index contributed by atoms with van der Waals surface area (Å²) in [6.45, 7) is 59.4. The molecule has 4 heterocycles. The Labute approximate surface area is 902 Å². The van der Waals surface area contributed by atoms with Gasteiger partial charge in [-0.25, -0.2) is 0 Å². The first-order chi connectivity index (χ1) is 70.7. The van der Waals surface area contributed by atoms with E-state index in [2.05, 4.69) is 212 Å². The van der Waals surface area contributed by atoms with Crippen molar-refractivity contribution in [1.29, 1.82) is 0 Å². The molecular weight excluding hydrogens is 1870 g/mol. The van der Waals surface area contributed by atoms with Crippen molar-refractivity contribution in [2.45, 2.75) is 462 Å². The lowest BCUT2D eigenvalue weighted by molar-refractivity contribution is -0.135. The summed E-state index contributed by atoms with van der Waals surface area (Å²) in [6, 6.07) is 23.9. The van der Waals surface area contributed by atoms with Gasteiger partial charge in [-0.2, -0.15) is 0 Å². The summed E-state index contributed by atoms with van der Waals surface area (Å²) in [4.78, 5) is 27.0. The quantitative estimate of drug-likeness (QED) is 0.0161. The highest BCUT2D eigenvalue weighted by atomic mass is 16.5. The maximum atomic E-state index is 10.7. The van der Waals surface area contributed by atoms with Crippen molar-refractivity contribution in [2.75, 3.05) is 0 Å². The zero-order chi connectivity index (χ0) is 111. The SMILES string of the molecule is C=C(C)[C@@H]1CCC(C)=CC1c1c(O)cc(CCCCC)cc1O.C=C(C)[C@@H]1CCC(C)=CC1c1c(O)cc(CCCCC)cc1O.CC(=O)O.CC(=O)O.CC(=O)O.CCCCCc1cc(O)c2c(c1)OC(C)(C)[C@@H]1CC=C(C)C[C@@H]21.CCCCCc1cc(O)c2c(c1)OC(C)(C)[C@@H]1CC=C(C)C[C@@H]21.CCCCCc1cc(O)c2c(c1)OC(C)(C)[C@@H]1CCC(C)=C[C@@H]21.CCCCCc1cc(O)c2c(c1)OC(C)(C)[C@@H]1CCC(C)=C[C@@H]21. The number of phenols is 8. The van der Waals surface area contributed by atoms with Crippen molar-refractivity contribution in [1.82, 2.24) is 0 Å². The highest BCUT2D eigenvalue weighted by Crippen LogP contribution is 2.60. The zero-order valence-corrected chi connectivity index (χ0v) is 96.5. The Hall–Kier alpha value is -10.8. The Morgan fingerprint density at radius 3 is 0.720 bits per heavy atom. The molecule has 0 aromatic heterocycles. The fourth-order valence-electron chi connectivity index (χ4n) is 24.6. The highest BCUT2D eigenvalue weighted by molar-refractivity contribution is 5.64. The third-order valence-electron chi connectivity index (χ3n) is 32.4. The lowest BCUT2D eigenvalue weighted by atomic mass is 9.67. The van der Waals surface area contributed by atoms with Gasteiger partial charge in [0.05, 0.1) is 0 Å². The number of aryl methyl sites for hydroxylation is 6. The summed E-state index contributed by atoms with van der Waals surface area (Å²) < 4.78 is 25.5. The van der Waals surface area contributed by atoms with E-state index in [0.717, 1.165) is 217 Å². The standard InChI is InChI=1S/6C21H30O2.3C2H4O2/c4*1-5-6-7-8-15-12-18(22)20-16-11-14(2)9-10-17(16)21(3,4)23-19(20)13-15;2*1-5-6-7-8-16-12-19(22)21(20(23)13-16)18-11-15(4)9-10-17(18)14(2)3;3*1-2(3)4/h2*11-13,16-17,22H,5-10H2,1-4H3;2*9,12-13,16-17,22H,5-8,10-11H2,1-4H3;2*11-13,17-18,22-23H,2,5-10H2,1,3-4H3;3*1H3,(H,3,4)/t4*16-,17-;2*17-,18?;;;/m111100.../s1. The molecule has 16 rings (SSSR count). The smallest absolute Gasteiger partial charge is 0.300 e. The number of ether oxygens (including phenoxy) is 4. The molecule has 6 aliphatic carbocycles. The van der Waals surface area contributed by atoms with Gasteiger partial charge in [0.1, 0.15) is 91.4 Å². The van der Waals surface area contributed by atoms with E-state index in [9.17, 15) is 40.9 Å². The largest absolute Gasteiger partial charge is 0.508 e. The van der Waals surface area contributed by atoms with Gasteiger partial charge >= 0.3 is 0 Å². The number of hydrogen-bond donors (Lipinski definition) is 11. The van der Waals surface area contributed by atoms with Gasteiger partial charge in [0.2, 0.25) is 0 Å². The minimum Gasteiger partial charge on any atom is -0.508 e. The van der Waals surface area contributed by atoms with Crippen LogP contribution in [0, 0.1) is 35.5 Å². The summed E-state index contributed by atoms with van der Waals surface area (Å²) in [5.41, 5.74) is 22.1. The van der Waals surface area contributed by atoms with Crippen molar-refractivity contribution >= 4 is 17.9 Å². The molecule has 4 aliphatic heterocycles. The van der Waals surface area contributed by atoms with Crippen LogP contribution in [-0.2, 0) is 52.9 Å². The number of fused-ring (bicyclic) bond motifs is 12. The van der Waals surface area contributed by atoms with Gasteiger partial charge in [0, 0.05) is 113 Å². The summed E-state index contributed by atoms with van der Waals surface area (Å²) in [7, 11) is 0. The van der Waals surface area contributed by atoms with Gasteiger partial charge in [0.25, 0.3) is 17.9 Å². The molecule has 0 radical (unpaired) electrons. The monoisotopic (exact) mass is 2070 g/mol. The minimum atomic E-state index is -0.833. The molecule has 6 aromatic rings. The molecular formula is C132H192O18. The first-order valence-electron chi connectivity index (χ1n) is 56.9. The molecule has 0 amide bonds. The molecule has 0 saturated heterocycles. The van der Waals surface area contributed by atoms with Crippen molar-refractivity contribution in [3.63, 3.8) is 0 Å². The topological polar surface area (TPSA) is 311 Å². The van der Waals surface area contributed by atoms with Crippen molar-refractivity contribution in [2.24, 2.45) is 35.5 Å². The van der Waals surface area contributed by atoms with Gasteiger partial charge in [-0.1, -0.05) is 213 Å². The Kier molecular flexibility index (Phi) is 48.0. The lowest BCUT2D eigenvalue weighted by Crippen LogP contribution is -2.45. The third-order valence-corrected chi connectivity index (χ3v) is 32.4. The molecule has 0 bridgehead atoms. The molecule has 150 heavy (non-hydrogen) atoms. The molecule has 6 aromatic carbocycles. The van der Waals surface area contributed by atoms with Crippen LogP contribution in [-0.4, -0.2) is 96.5 Å². The number of allylic oxidation sites excluding steroid dienone is 14. The van der Waals surface area contributed by atoms with E-state index >= 15 is 0 Å². The summed E-state index contributed by atoms with van der Waals surface area (Å²) in [6.07, 6.45) is 53.9. The van der Waals surface area contributed by atoms with Crippen LogP contribution in [0.25, 0.3) is 0 Å². The van der Waals surface area contributed by atoms with Crippen LogP contribution >= 0.6 is 0 Å². The number of carboxylic acid groups (broad SMARTS) is 3. The molecule has 18 nitrogen and oxygen atoms in total. The lowest BCUT2D eigenvalue weighted by Gasteiger charge is -2.47. The van der Waals surface area contributed by atoms with E-state index in [-0.39, 0.29) is 80.9 Å².